The lowest BCUT2D eigenvalue weighted by molar-refractivity contribution is -0.134. The van der Waals surface area contributed by atoms with Crippen LogP contribution in [0.5, 0.6) is 11.5 Å². The van der Waals surface area contributed by atoms with Gasteiger partial charge < -0.3 is 36.1 Å². The Kier molecular flexibility index (Phi) is 10.8. The van der Waals surface area contributed by atoms with Gasteiger partial charge in [-0.1, -0.05) is 54.1 Å². The minimum absolute atomic E-state index is 0.0844. The van der Waals surface area contributed by atoms with Gasteiger partial charge in [0.15, 0.2) is 0 Å². The van der Waals surface area contributed by atoms with Crippen LogP contribution in [0.15, 0.2) is 72.8 Å². The maximum Gasteiger partial charge on any atom is 0.252 e. The largest absolute Gasteiger partial charge is 0.497 e. The van der Waals surface area contributed by atoms with Gasteiger partial charge in [0, 0.05) is 23.4 Å². The molecule has 1 saturated carbocycles. The molecule has 2 heterocycles. The summed E-state index contributed by atoms with van der Waals surface area (Å²) in [7, 11) is 1.45. The van der Waals surface area contributed by atoms with E-state index < -0.39 is 47.3 Å². The highest BCUT2D eigenvalue weighted by Gasteiger charge is 2.51. The first-order valence-corrected chi connectivity index (χ1v) is 16.1. The van der Waals surface area contributed by atoms with Crippen molar-refractivity contribution in [3.63, 3.8) is 0 Å². The van der Waals surface area contributed by atoms with E-state index >= 15 is 0 Å². The third-order valence-electron chi connectivity index (χ3n) is 8.23. The number of carbonyl (C=O) groups excluding carboxylic acids is 5. The van der Waals surface area contributed by atoms with Crippen molar-refractivity contribution in [3.8, 4) is 11.5 Å². The number of amides is 5. The molecule has 2 bridgehead atoms. The van der Waals surface area contributed by atoms with E-state index in [0.29, 0.717) is 29.9 Å². The second-order valence-electron chi connectivity index (χ2n) is 11.9. The van der Waals surface area contributed by atoms with Gasteiger partial charge in [0.1, 0.15) is 41.8 Å². The maximum absolute atomic E-state index is 13.7. The Bertz CT molecular complexity index is 1660. The van der Waals surface area contributed by atoms with Crippen LogP contribution in [0.4, 0.5) is 0 Å². The molecule has 0 aromatic heterocycles. The van der Waals surface area contributed by atoms with Gasteiger partial charge in [-0.15, -0.1) is 0 Å². The molecule has 3 aliphatic rings. The smallest absolute Gasteiger partial charge is 0.252 e. The summed E-state index contributed by atoms with van der Waals surface area (Å²) in [4.78, 5) is 67.1. The monoisotopic (exact) mass is 675 g/mol. The SMILES string of the molecule is COc1cc(Cl)cc(C(=O)N[C@H]2Cc3ccc(cc3)OCCNC(=O)C3(CC3)NC(=O)[C@@H](Cc3ccccc3)NC(=O)[C@H](C)NC2=O)c1. The second kappa shape index (κ2) is 15.2. The number of rotatable bonds is 5. The number of nitrogens with one attached hydrogen (secondary N) is 5. The summed E-state index contributed by atoms with van der Waals surface area (Å²) in [5, 5.41) is 14.1. The van der Waals surface area contributed by atoms with Gasteiger partial charge in [0.25, 0.3) is 5.91 Å². The Morgan fingerprint density at radius 2 is 1.69 bits per heavy atom. The topological polar surface area (TPSA) is 164 Å². The van der Waals surface area contributed by atoms with Crippen molar-refractivity contribution in [1.82, 2.24) is 26.6 Å². The molecule has 1 aliphatic carbocycles. The molecule has 6 rings (SSSR count). The number of fused-ring (bicyclic) bond motifs is 15. The first-order chi connectivity index (χ1) is 23.0. The Hall–Kier alpha value is -5.10. The zero-order chi connectivity index (χ0) is 34.3. The number of hydrogen-bond donors (Lipinski definition) is 5. The van der Waals surface area contributed by atoms with E-state index in [1.807, 2.05) is 30.3 Å². The van der Waals surface area contributed by atoms with Crippen molar-refractivity contribution in [1.29, 1.82) is 0 Å². The van der Waals surface area contributed by atoms with E-state index in [4.69, 9.17) is 21.1 Å². The van der Waals surface area contributed by atoms with Gasteiger partial charge >= 0.3 is 0 Å². The molecule has 3 aromatic rings. The summed E-state index contributed by atoms with van der Waals surface area (Å²) in [6, 6.07) is 17.4. The number of carbonyl (C=O) groups is 5. The summed E-state index contributed by atoms with van der Waals surface area (Å²) in [5.41, 5.74) is 0.615. The van der Waals surface area contributed by atoms with Gasteiger partial charge in [0.05, 0.1) is 13.7 Å². The van der Waals surface area contributed by atoms with Crippen LogP contribution in [-0.4, -0.2) is 73.5 Å². The van der Waals surface area contributed by atoms with Crippen LogP contribution in [0, 0.1) is 0 Å². The molecule has 2 aliphatic heterocycles. The van der Waals surface area contributed by atoms with Crippen molar-refractivity contribution in [2.24, 2.45) is 0 Å². The lowest BCUT2D eigenvalue weighted by Crippen LogP contribution is -2.59. The lowest BCUT2D eigenvalue weighted by Gasteiger charge is -2.25. The Balaban J connectivity index is 1.40. The van der Waals surface area contributed by atoms with Crippen LogP contribution >= 0.6 is 11.6 Å². The molecule has 48 heavy (non-hydrogen) atoms. The molecule has 3 aromatic carbocycles. The van der Waals surface area contributed by atoms with Crippen LogP contribution in [-0.2, 0) is 32.0 Å². The fourth-order valence-electron chi connectivity index (χ4n) is 5.31. The minimum Gasteiger partial charge on any atom is -0.497 e. The second-order valence-corrected chi connectivity index (χ2v) is 12.3. The Morgan fingerprint density at radius 1 is 0.958 bits per heavy atom. The number of methoxy groups -OCH3 is 1. The summed E-state index contributed by atoms with van der Waals surface area (Å²) < 4.78 is 11.0. The maximum atomic E-state index is 13.7. The first-order valence-electron chi connectivity index (χ1n) is 15.7. The molecular weight excluding hydrogens is 638 g/mol. The van der Waals surface area contributed by atoms with Crippen molar-refractivity contribution in [2.75, 3.05) is 20.3 Å². The number of halogens is 1. The lowest BCUT2D eigenvalue weighted by atomic mass is 10.0. The average molecular weight is 676 g/mol. The van der Waals surface area contributed by atoms with Gasteiger partial charge in [-0.3, -0.25) is 24.0 Å². The minimum atomic E-state index is -1.09. The highest BCUT2D eigenvalue weighted by molar-refractivity contribution is 6.31. The Labute approximate surface area is 283 Å². The summed E-state index contributed by atoms with van der Waals surface area (Å²) in [6.45, 7) is 1.88. The third-order valence-corrected chi connectivity index (χ3v) is 8.44. The molecule has 252 valence electrons. The number of ether oxygens (including phenoxy) is 2. The van der Waals surface area contributed by atoms with E-state index in [9.17, 15) is 24.0 Å². The van der Waals surface area contributed by atoms with Crippen LogP contribution < -0.4 is 36.1 Å². The first kappa shape index (κ1) is 34.2. The predicted octanol–water partition coefficient (Wildman–Crippen LogP) is 2.08. The van der Waals surface area contributed by atoms with Gasteiger partial charge in [0.2, 0.25) is 23.6 Å². The van der Waals surface area contributed by atoms with E-state index in [1.54, 1.807) is 30.3 Å². The molecule has 3 atom stereocenters. The average Bonchev–Trinajstić information content (AvgIpc) is 3.86. The van der Waals surface area contributed by atoms with E-state index in [-0.39, 0.29) is 42.5 Å². The molecule has 5 amide bonds. The zero-order valence-corrected chi connectivity index (χ0v) is 27.4. The van der Waals surface area contributed by atoms with Gasteiger partial charge in [-0.2, -0.15) is 0 Å². The Morgan fingerprint density at radius 3 is 2.38 bits per heavy atom. The molecule has 12 nitrogen and oxygen atoms in total. The molecular formula is C35H38ClN5O7. The van der Waals surface area contributed by atoms with Crippen molar-refractivity contribution in [2.45, 2.75) is 56.3 Å². The standard InChI is InChI=1S/C35H38ClN5O7/c1-21-30(42)39-29(16-22-6-4-3-5-7-22)33(45)41-35(12-13-35)34(46)37-14-15-48-26-10-8-23(9-11-26)17-28(32(44)38-21)40-31(43)24-18-25(36)20-27(19-24)47-2/h3-11,18-21,28-29H,12-17H2,1-2H3,(H,37,46)(H,38,44)(H,39,42)(H,40,43)(H,41,45)/t21-,28-,29+/m0/s1. The van der Waals surface area contributed by atoms with Gasteiger partial charge in [-0.05, 0) is 61.2 Å². The molecule has 0 radical (unpaired) electrons. The van der Waals surface area contributed by atoms with E-state index in [1.165, 1.54) is 26.2 Å². The molecule has 5 N–H and O–H groups in total. The highest BCUT2D eigenvalue weighted by atomic mass is 35.5. The van der Waals surface area contributed by atoms with Crippen LogP contribution in [0.2, 0.25) is 5.02 Å². The quantitative estimate of drug-likeness (QED) is 0.259. The molecule has 0 unspecified atom stereocenters. The fourth-order valence-corrected chi connectivity index (χ4v) is 5.54. The summed E-state index contributed by atoms with van der Waals surface area (Å²) in [5.74, 6) is -1.73. The van der Waals surface area contributed by atoms with Crippen LogP contribution in [0.1, 0.15) is 41.3 Å². The summed E-state index contributed by atoms with van der Waals surface area (Å²) in [6.07, 6.45) is 1.16. The molecule has 1 fully saturated rings. The summed E-state index contributed by atoms with van der Waals surface area (Å²) >= 11 is 6.18. The number of hydrogen-bond acceptors (Lipinski definition) is 7. The van der Waals surface area contributed by atoms with Crippen LogP contribution in [0.3, 0.4) is 0 Å². The van der Waals surface area contributed by atoms with Crippen molar-refractivity contribution < 1.29 is 33.4 Å². The molecule has 0 saturated heterocycles. The molecule has 1 spiro atoms. The normalized spacial score (nSPS) is 21.5. The highest BCUT2D eigenvalue weighted by Crippen LogP contribution is 2.35. The van der Waals surface area contributed by atoms with Crippen molar-refractivity contribution in [3.05, 3.63) is 94.5 Å². The molecule has 13 heteroatoms. The van der Waals surface area contributed by atoms with Gasteiger partial charge in [-0.25, -0.2) is 0 Å². The predicted molar refractivity (Wildman–Crippen MR) is 178 cm³/mol. The zero-order valence-electron chi connectivity index (χ0n) is 26.6. The van der Waals surface area contributed by atoms with E-state index in [0.717, 1.165) is 5.56 Å². The number of benzene rings is 3. The van der Waals surface area contributed by atoms with E-state index in [2.05, 4.69) is 26.6 Å². The third kappa shape index (κ3) is 8.82. The van der Waals surface area contributed by atoms with Crippen molar-refractivity contribution >= 4 is 41.1 Å². The van der Waals surface area contributed by atoms with Crippen LogP contribution in [0.25, 0.3) is 0 Å². The fraction of sp³-hybridized carbons (Fsp3) is 0.343.